The van der Waals surface area contributed by atoms with Crippen molar-refractivity contribution in [1.29, 1.82) is 0 Å². The number of nitrogens with one attached hydrogen (secondary N) is 1. The third kappa shape index (κ3) is 3.25. The minimum atomic E-state index is -0.168. The van der Waals surface area contributed by atoms with Gasteiger partial charge in [-0.3, -0.25) is 4.99 Å². The average molecular weight is 266 g/mol. The third-order valence-corrected chi connectivity index (χ3v) is 4.03. The fraction of sp³-hybridized carbons (Fsp3) is 0.500. The summed E-state index contributed by atoms with van der Waals surface area (Å²) in [5.41, 5.74) is 1.56. The van der Waals surface area contributed by atoms with E-state index in [0.29, 0.717) is 17.5 Å². The van der Waals surface area contributed by atoms with Gasteiger partial charge in [-0.05, 0) is 43.0 Å². The predicted molar refractivity (Wildman–Crippen MR) is 77.9 cm³/mol. The maximum atomic E-state index is 13.2. The van der Waals surface area contributed by atoms with Crippen molar-refractivity contribution in [3.63, 3.8) is 0 Å². The number of thioether (sulfide) groups is 1. The molecule has 0 bridgehead atoms. The summed E-state index contributed by atoms with van der Waals surface area (Å²) in [7, 11) is 0. The van der Waals surface area contributed by atoms with E-state index in [0.717, 1.165) is 23.0 Å². The Morgan fingerprint density at radius 1 is 1.44 bits per heavy atom. The molecule has 1 heterocycles. The van der Waals surface area contributed by atoms with Crippen molar-refractivity contribution in [3.05, 3.63) is 29.6 Å². The van der Waals surface area contributed by atoms with E-state index in [1.54, 1.807) is 24.8 Å². The summed E-state index contributed by atoms with van der Waals surface area (Å²) < 4.78 is 13.2. The maximum Gasteiger partial charge on any atom is 0.161 e. The lowest BCUT2D eigenvalue weighted by atomic mass is 10.0. The summed E-state index contributed by atoms with van der Waals surface area (Å²) in [6.45, 7) is 6.17. The van der Waals surface area contributed by atoms with E-state index in [1.165, 1.54) is 6.07 Å². The molecule has 4 heteroatoms. The Morgan fingerprint density at radius 3 is 2.89 bits per heavy atom. The maximum absolute atomic E-state index is 13.2. The molecule has 2 rings (SSSR count). The number of hydrogen-bond acceptors (Lipinski definition) is 3. The smallest absolute Gasteiger partial charge is 0.161 e. The highest BCUT2D eigenvalue weighted by atomic mass is 32.2. The summed E-state index contributed by atoms with van der Waals surface area (Å²) in [5, 5.41) is 4.23. The van der Waals surface area contributed by atoms with E-state index in [2.05, 4.69) is 19.2 Å². The number of anilines is 1. The van der Waals surface area contributed by atoms with Gasteiger partial charge in [0.15, 0.2) is 5.17 Å². The van der Waals surface area contributed by atoms with Gasteiger partial charge in [0.2, 0.25) is 0 Å². The quantitative estimate of drug-likeness (QED) is 0.873. The molecule has 0 spiro atoms. The molecule has 1 unspecified atom stereocenters. The van der Waals surface area contributed by atoms with E-state index in [-0.39, 0.29) is 5.82 Å². The van der Waals surface area contributed by atoms with Crippen LogP contribution in [0.5, 0.6) is 0 Å². The molecule has 0 radical (unpaired) electrons. The zero-order chi connectivity index (χ0) is 13.1. The van der Waals surface area contributed by atoms with Crippen LogP contribution in [-0.4, -0.2) is 17.0 Å². The van der Waals surface area contributed by atoms with Crippen molar-refractivity contribution in [2.24, 2.45) is 10.9 Å². The minimum absolute atomic E-state index is 0.168. The van der Waals surface area contributed by atoms with Gasteiger partial charge in [-0.1, -0.05) is 25.6 Å². The van der Waals surface area contributed by atoms with Crippen molar-refractivity contribution in [2.75, 3.05) is 11.1 Å². The topological polar surface area (TPSA) is 24.4 Å². The van der Waals surface area contributed by atoms with Gasteiger partial charge < -0.3 is 5.32 Å². The molecule has 2 nitrogen and oxygen atoms in total. The third-order valence-electron chi connectivity index (χ3n) is 3.11. The van der Waals surface area contributed by atoms with Crippen LogP contribution in [0, 0.1) is 18.7 Å². The summed E-state index contributed by atoms with van der Waals surface area (Å²) in [6.07, 6.45) is 1.13. The van der Waals surface area contributed by atoms with Crippen LogP contribution in [0.3, 0.4) is 0 Å². The van der Waals surface area contributed by atoms with Gasteiger partial charge in [0.1, 0.15) is 5.82 Å². The number of benzene rings is 1. The second-order valence-corrected chi connectivity index (χ2v) is 6.06. The lowest BCUT2D eigenvalue weighted by Gasteiger charge is -2.23. The second-order valence-electron chi connectivity index (χ2n) is 4.97. The molecule has 0 aliphatic carbocycles. The molecule has 0 saturated carbocycles. The first-order valence-corrected chi connectivity index (χ1v) is 7.28. The Balaban J connectivity index is 2.10. The Kier molecular flexibility index (Phi) is 4.27. The lowest BCUT2D eigenvalue weighted by molar-refractivity contribution is 0.485. The van der Waals surface area contributed by atoms with Crippen LogP contribution in [0.15, 0.2) is 23.2 Å². The average Bonchev–Trinajstić information content (AvgIpc) is 2.34. The number of halogens is 1. The van der Waals surface area contributed by atoms with Gasteiger partial charge in [-0.15, -0.1) is 0 Å². The van der Waals surface area contributed by atoms with Gasteiger partial charge in [-0.2, -0.15) is 0 Å². The molecule has 1 aliphatic rings. The molecular formula is C14H19FN2S. The largest absolute Gasteiger partial charge is 0.335 e. The predicted octanol–water partition coefficient (Wildman–Crippen LogP) is 4.06. The van der Waals surface area contributed by atoms with Gasteiger partial charge in [0.25, 0.3) is 0 Å². The highest BCUT2D eigenvalue weighted by molar-refractivity contribution is 8.14. The standard InChI is InChI=1S/C14H19FN2S/c1-9(2)13-6-7-18-14(17-13)16-11-4-5-12(15)10(3)8-11/h4-5,8-9,13H,6-7H2,1-3H3,(H,16,17). The van der Waals surface area contributed by atoms with Gasteiger partial charge in [0.05, 0.1) is 6.04 Å². The van der Waals surface area contributed by atoms with Crippen molar-refractivity contribution < 1.29 is 4.39 Å². The minimum Gasteiger partial charge on any atom is -0.335 e. The number of amidine groups is 1. The van der Waals surface area contributed by atoms with Crippen molar-refractivity contribution in [1.82, 2.24) is 0 Å². The monoisotopic (exact) mass is 266 g/mol. The molecule has 0 saturated heterocycles. The summed E-state index contributed by atoms with van der Waals surface area (Å²) >= 11 is 1.73. The molecule has 18 heavy (non-hydrogen) atoms. The van der Waals surface area contributed by atoms with E-state index in [4.69, 9.17) is 4.99 Å². The molecule has 1 aliphatic heterocycles. The zero-order valence-electron chi connectivity index (χ0n) is 11.0. The van der Waals surface area contributed by atoms with E-state index < -0.39 is 0 Å². The van der Waals surface area contributed by atoms with Gasteiger partial charge in [-0.25, -0.2) is 4.39 Å². The molecule has 1 N–H and O–H groups in total. The number of aryl methyl sites for hydroxylation is 1. The van der Waals surface area contributed by atoms with E-state index >= 15 is 0 Å². The summed E-state index contributed by atoms with van der Waals surface area (Å²) in [5.74, 6) is 1.49. The molecule has 1 aromatic carbocycles. The Bertz CT molecular complexity index is 457. The summed E-state index contributed by atoms with van der Waals surface area (Å²) in [4.78, 5) is 4.70. The van der Waals surface area contributed by atoms with E-state index in [9.17, 15) is 4.39 Å². The van der Waals surface area contributed by atoms with E-state index in [1.807, 2.05) is 6.07 Å². The first-order chi connectivity index (χ1) is 8.56. The molecule has 1 aromatic rings. The summed E-state index contributed by atoms with van der Waals surface area (Å²) in [6, 6.07) is 5.46. The fourth-order valence-corrected chi connectivity index (χ4v) is 2.88. The fourth-order valence-electron chi connectivity index (χ4n) is 1.93. The van der Waals surface area contributed by atoms with Crippen molar-refractivity contribution in [2.45, 2.75) is 33.2 Å². The Morgan fingerprint density at radius 2 is 2.22 bits per heavy atom. The lowest BCUT2D eigenvalue weighted by Crippen LogP contribution is -2.23. The van der Waals surface area contributed by atoms with Crippen LogP contribution in [-0.2, 0) is 0 Å². The van der Waals surface area contributed by atoms with Crippen LogP contribution in [0.2, 0.25) is 0 Å². The van der Waals surface area contributed by atoms with Crippen LogP contribution in [0.1, 0.15) is 25.8 Å². The highest BCUT2D eigenvalue weighted by Crippen LogP contribution is 2.24. The Hall–Kier alpha value is -1.03. The first kappa shape index (κ1) is 13.4. The van der Waals surface area contributed by atoms with Crippen molar-refractivity contribution >= 4 is 22.6 Å². The van der Waals surface area contributed by atoms with Gasteiger partial charge in [0, 0.05) is 11.4 Å². The zero-order valence-corrected chi connectivity index (χ0v) is 11.9. The molecule has 0 fully saturated rings. The molecular weight excluding hydrogens is 247 g/mol. The van der Waals surface area contributed by atoms with Crippen LogP contribution >= 0.6 is 11.8 Å². The molecule has 0 aromatic heterocycles. The van der Waals surface area contributed by atoms with Gasteiger partial charge >= 0.3 is 0 Å². The molecule has 98 valence electrons. The van der Waals surface area contributed by atoms with Crippen LogP contribution in [0.4, 0.5) is 10.1 Å². The second kappa shape index (κ2) is 5.74. The normalized spacial score (nSPS) is 19.8. The molecule has 0 amide bonds. The number of hydrogen-bond donors (Lipinski definition) is 1. The highest BCUT2D eigenvalue weighted by Gasteiger charge is 2.18. The number of aliphatic imine (C=N–C) groups is 1. The van der Waals surface area contributed by atoms with Crippen LogP contribution < -0.4 is 5.32 Å². The first-order valence-electron chi connectivity index (χ1n) is 6.30. The number of nitrogens with zero attached hydrogens (tertiary/aromatic N) is 1. The van der Waals surface area contributed by atoms with Crippen molar-refractivity contribution in [3.8, 4) is 0 Å². The Labute approximate surface area is 112 Å². The number of rotatable bonds is 2. The SMILES string of the molecule is Cc1cc(NC2=NC(C(C)C)CCS2)ccc1F. The van der Waals surface area contributed by atoms with Crippen LogP contribution in [0.25, 0.3) is 0 Å². The molecule has 1 atom stereocenters.